The van der Waals surface area contributed by atoms with Crippen LogP contribution < -0.4 is 0 Å². The van der Waals surface area contributed by atoms with Crippen LogP contribution in [0.15, 0.2) is 42.0 Å². The molecule has 0 aromatic carbocycles. The molecule has 1 heteroatoms. The Morgan fingerprint density at radius 1 is 0.773 bits per heavy atom. The summed E-state index contributed by atoms with van der Waals surface area (Å²) >= 11 is -1.77. The van der Waals surface area contributed by atoms with Crippen LogP contribution in [-0.4, -0.2) is 3.21 Å². The Bertz CT molecular complexity index is 566. The number of rotatable bonds is 2. The molecule has 2 rings (SSSR count). The van der Waals surface area contributed by atoms with Crippen LogP contribution in [0.5, 0.6) is 0 Å². The van der Waals surface area contributed by atoms with Crippen molar-refractivity contribution >= 4 is 3.21 Å². The van der Waals surface area contributed by atoms with Crippen molar-refractivity contribution in [3.8, 4) is 0 Å². The first-order chi connectivity index (χ1) is 10.00. The van der Waals surface area contributed by atoms with E-state index in [1.807, 2.05) is 0 Å². The van der Waals surface area contributed by atoms with Crippen molar-refractivity contribution in [3.05, 3.63) is 42.0 Å². The summed E-state index contributed by atoms with van der Waals surface area (Å²) in [5.41, 5.74) is 3.67. The zero-order valence-corrected chi connectivity index (χ0v) is 18.2. The van der Waals surface area contributed by atoms with Crippen molar-refractivity contribution in [2.24, 2.45) is 10.8 Å². The van der Waals surface area contributed by atoms with Crippen molar-refractivity contribution < 1.29 is 21.3 Å². The van der Waals surface area contributed by atoms with Crippen LogP contribution in [0.1, 0.15) is 68.2 Å². The molecule has 0 saturated carbocycles. The summed E-state index contributed by atoms with van der Waals surface area (Å²) in [6, 6.07) is 0. The van der Waals surface area contributed by atoms with Crippen LogP contribution in [0.25, 0.3) is 0 Å². The minimum absolute atomic E-state index is 0.288. The molecule has 0 bridgehead atoms. The summed E-state index contributed by atoms with van der Waals surface area (Å²) in [6.45, 7) is 18.7. The van der Waals surface area contributed by atoms with Crippen molar-refractivity contribution in [2.75, 3.05) is 0 Å². The van der Waals surface area contributed by atoms with E-state index < -0.39 is 21.3 Å². The topological polar surface area (TPSA) is 0 Å². The molecular weight excluding hydrogens is 343 g/mol. The molecule has 22 heavy (non-hydrogen) atoms. The minimum atomic E-state index is -1.77. The molecule has 0 nitrogen and oxygen atoms in total. The van der Waals surface area contributed by atoms with Crippen LogP contribution in [-0.2, 0) is 21.3 Å². The van der Waals surface area contributed by atoms with Crippen molar-refractivity contribution in [1.29, 1.82) is 0 Å². The van der Waals surface area contributed by atoms with E-state index in [-0.39, 0.29) is 10.8 Å². The average molecular weight is 376 g/mol. The van der Waals surface area contributed by atoms with E-state index in [9.17, 15) is 0 Å². The standard InChI is InChI=1S/2C9H13.C3H6.Zr/c2*1-9(2,3)8-6-4-5-7-8;1-3-2;/h2*6-7H,4H2,1-3H3;1-2H3;. The van der Waals surface area contributed by atoms with E-state index in [0.29, 0.717) is 0 Å². The fraction of sp³-hybridized carbons (Fsp3) is 0.571. The monoisotopic (exact) mass is 374 g/mol. The third-order valence-electron chi connectivity index (χ3n) is 4.62. The SMILES string of the molecule is C[C](C)=[Zr]([C]1=CC(C(C)(C)C)=CC1)[C]1=CC(C(C)(C)C)=CC1. The summed E-state index contributed by atoms with van der Waals surface area (Å²) in [5, 5.41) is 0. The molecule has 0 aromatic rings. The zero-order chi connectivity index (χ0) is 16.7. The van der Waals surface area contributed by atoms with Gasteiger partial charge in [-0.15, -0.1) is 0 Å². The molecule has 0 radical (unpaired) electrons. The first kappa shape index (κ1) is 18.1. The van der Waals surface area contributed by atoms with Crippen LogP contribution >= 0.6 is 0 Å². The van der Waals surface area contributed by atoms with Crippen molar-refractivity contribution in [2.45, 2.75) is 68.2 Å². The van der Waals surface area contributed by atoms with Gasteiger partial charge in [-0.3, -0.25) is 0 Å². The van der Waals surface area contributed by atoms with Gasteiger partial charge in [-0.25, -0.2) is 0 Å². The third-order valence-corrected chi connectivity index (χ3v) is 11.9. The van der Waals surface area contributed by atoms with Crippen LogP contribution in [0.3, 0.4) is 0 Å². The molecule has 0 aromatic heterocycles. The summed E-state index contributed by atoms with van der Waals surface area (Å²) in [4.78, 5) is 0. The summed E-state index contributed by atoms with van der Waals surface area (Å²) in [5.74, 6) is 0. The van der Waals surface area contributed by atoms with Gasteiger partial charge >= 0.3 is 146 Å². The molecule has 0 amide bonds. The number of allylic oxidation sites excluding steroid dienone is 8. The predicted molar refractivity (Wildman–Crippen MR) is 96.8 cm³/mol. The maximum absolute atomic E-state index is 2.55. The van der Waals surface area contributed by atoms with Gasteiger partial charge in [0.25, 0.3) is 0 Å². The number of hydrogen-bond donors (Lipinski definition) is 0. The Labute approximate surface area is 145 Å². The van der Waals surface area contributed by atoms with E-state index in [1.54, 1.807) is 20.9 Å². The molecule has 2 aliphatic carbocycles. The Morgan fingerprint density at radius 3 is 1.36 bits per heavy atom. The summed E-state index contributed by atoms with van der Waals surface area (Å²) in [6.07, 6.45) is 12.5. The molecule has 0 heterocycles. The van der Waals surface area contributed by atoms with Gasteiger partial charge in [-0.1, -0.05) is 0 Å². The molecule has 120 valence electrons. The van der Waals surface area contributed by atoms with E-state index in [0.717, 1.165) is 0 Å². The molecule has 0 fully saturated rings. The van der Waals surface area contributed by atoms with E-state index >= 15 is 0 Å². The first-order valence-electron chi connectivity index (χ1n) is 8.51. The molecule has 0 N–H and O–H groups in total. The second-order valence-electron chi connectivity index (χ2n) is 8.94. The Morgan fingerprint density at radius 2 is 1.14 bits per heavy atom. The normalized spacial score (nSPS) is 18.7. The second kappa shape index (κ2) is 6.31. The van der Waals surface area contributed by atoms with E-state index in [1.165, 1.54) is 12.8 Å². The Kier molecular flexibility index (Phi) is 5.18. The number of hydrogen-bond acceptors (Lipinski definition) is 0. The molecule has 0 aliphatic heterocycles. The molecular formula is C21H32Zr. The van der Waals surface area contributed by atoms with Gasteiger partial charge in [0, 0.05) is 0 Å². The van der Waals surface area contributed by atoms with E-state index in [4.69, 9.17) is 0 Å². The van der Waals surface area contributed by atoms with Gasteiger partial charge in [0.15, 0.2) is 0 Å². The van der Waals surface area contributed by atoms with Gasteiger partial charge < -0.3 is 0 Å². The molecule has 0 saturated heterocycles. The average Bonchev–Trinajstić information content (AvgIpc) is 2.95. The molecule has 0 spiro atoms. The third kappa shape index (κ3) is 3.97. The van der Waals surface area contributed by atoms with Crippen molar-refractivity contribution in [1.82, 2.24) is 0 Å². The fourth-order valence-corrected chi connectivity index (χ4v) is 10.4. The molecule has 0 atom stereocenters. The van der Waals surface area contributed by atoms with Crippen LogP contribution in [0, 0.1) is 10.8 Å². The zero-order valence-electron chi connectivity index (χ0n) is 15.7. The quantitative estimate of drug-likeness (QED) is 0.528. The van der Waals surface area contributed by atoms with Crippen LogP contribution in [0.2, 0.25) is 0 Å². The van der Waals surface area contributed by atoms with Gasteiger partial charge in [-0.2, -0.15) is 0 Å². The molecule has 2 aliphatic rings. The van der Waals surface area contributed by atoms with E-state index in [2.05, 4.69) is 79.7 Å². The maximum atomic E-state index is 2.55. The fourth-order valence-electron chi connectivity index (χ4n) is 3.29. The Balaban J connectivity index is 2.32. The van der Waals surface area contributed by atoms with Gasteiger partial charge in [0.2, 0.25) is 0 Å². The summed E-state index contributed by atoms with van der Waals surface area (Å²) < 4.78 is 5.27. The van der Waals surface area contributed by atoms with Gasteiger partial charge in [0.05, 0.1) is 0 Å². The van der Waals surface area contributed by atoms with Crippen LogP contribution in [0.4, 0.5) is 0 Å². The first-order valence-corrected chi connectivity index (χ1v) is 12.2. The predicted octanol–water partition coefficient (Wildman–Crippen LogP) is 6.34. The molecule has 0 unspecified atom stereocenters. The van der Waals surface area contributed by atoms with Gasteiger partial charge in [-0.05, 0) is 0 Å². The Hall–Kier alpha value is -0.287. The second-order valence-corrected chi connectivity index (χ2v) is 16.4. The summed E-state index contributed by atoms with van der Waals surface area (Å²) in [7, 11) is 0. The van der Waals surface area contributed by atoms with Gasteiger partial charge in [0.1, 0.15) is 0 Å². The van der Waals surface area contributed by atoms with Crippen molar-refractivity contribution in [3.63, 3.8) is 0 Å².